The normalized spacial score (nSPS) is 19.7. The number of likely N-dealkylation sites (tertiary alicyclic amines) is 1. The zero-order valence-electron chi connectivity index (χ0n) is 23.8. The van der Waals surface area contributed by atoms with Crippen LogP contribution in [0.4, 0.5) is 13.2 Å². The number of alkyl halides is 3. The Hall–Kier alpha value is -3.41. The van der Waals surface area contributed by atoms with Gasteiger partial charge in [0.2, 0.25) is 11.8 Å². The van der Waals surface area contributed by atoms with E-state index in [0.29, 0.717) is 26.3 Å². The molecule has 3 aliphatic rings. The molecule has 1 aromatic heterocycles. The Labute approximate surface area is 243 Å². The highest BCUT2D eigenvalue weighted by atomic mass is 19.4. The topological polar surface area (TPSA) is 106 Å². The molecular formula is C30H38F3N5O4. The van der Waals surface area contributed by atoms with E-state index in [9.17, 15) is 27.6 Å². The van der Waals surface area contributed by atoms with Crippen molar-refractivity contribution in [3.63, 3.8) is 0 Å². The van der Waals surface area contributed by atoms with E-state index in [1.165, 1.54) is 24.3 Å². The molecule has 3 heterocycles. The van der Waals surface area contributed by atoms with Gasteiger partial charge in [-0.05, 0) is 51.2 Å². The van der Waals surface area contributed by atoms with Gasteiger partial charge in [0.25, 0.3) is 5.91 Å². The monoisotopic (exact) mass is 589 g/mol. The van der Waals surface area contributed by atoms with Gasteiger partial charge in [0.15, 0.2) is 5.69 Å². The van der Waals surface area contributed by atoms with E-state index in [-0.39, 0.29) is 47.6 Å². The Morgan fingerprint density at radius 1 is 1.05 bits per heavy atom. The Morgan fingerprint density at radius 3 is 2.38 bits per heavy atom. The van der Waals surface area contributed by atoms with E-state index >= 15 is 0 Å². The average molecular weight is 590 g/mol. The molecule has 1 aliphatic carbocycles. The van der Waals surface area contributed by atoms with E-state index in [0.717, 1.165) is 51.0 Å². The summed E-state index contributed by atoms with van der Waals surface area (Å²) in [6.45, 7) is 3.88. The molecular weight excluding hydrogens is 551 g/mol. The van der Waals surface area contributed by atoms with Crippen LogP contribution in [0.25, 0.3) is 11.3 Å². The van der Waals surface area contributed by atoms with E-state index in [1.807, 2.05) is 6.92 Å². The van der Waals surface area contributed by atoms with Crippen LogP contribution in [0.5, 0.6) is 0 Å². The molecule has 1 atom stereocenters. The number of aromatic nitrogens is 2. The fraction of sp³-hybridized carbons (Fsp3) is 0.600. The third kappa shape index (κ3) is 6.96. The van der Waals surface area contributed by atoms with Gasteiger partial charge in [0.1, 0.15) is 0 Å². The summed E-state index contributed by atoms with van der Waals surface area (Å²) in [6, 6.07) is 5.72. The predicted octanol–water partition coefficient (Wildman–Crippen LogP) is 4.48. The number of ether oxygens (including phenoxy) is 1. The number of carbonyl (C=O) groups is 3. The van der Waals surface area contributed by atoms with Gasteiger partial charge < -0.3 is 20.3 Å². The van der Waals surface area contributed by atoms with Crippen LogP contribution in [0.3, 0.4) is 0 Å². The van der Waals surface area contributed by atoms with Gasteiger partial charge in [-0.25, -0.2) is 0 Å². The van der Waals surface area contributed by atoms with Crippen molar-refractivity contribution in [1.82, 2.24) is 25.3 Å². The SMILES string of the molecule is CC1(NC(=O)CC(CC(=O)N2CCCCC2)NC(=O)c2cc(-c3ccccc3C(F)(F)F)n(C3CCCC3)n2)COC1. The smallest absolute Gasteiger partial charge is 0.376 e. The number of nitrogens with zero attached hydrogens (tertiary/aromatic N) is 3. The van der Waals surface area contributed by atoms with Crippen LogP contribution in [0, 0.1) is 0 Å². The molecule has 42 heavy (non-hydrogen) atoms. The molecule has 2 aromatic rings. The average Bonchev–Trinajstić information content (AvgIpc) is 3.62. The molecule has 1 aromatic carbocycles. The summed E-state index contributed by atoms with van der Waals surface area (Å²) in [4.78, 5) is 41.3. The van der Waals surface area contributed by atoms with Crippen molar-refractivity contribution in [2.24, 2.45) is 0 Å². The summed E-state index contributed by atoms with van der Waals surface area (Å²) in [5.74, 6) is -1.11. The lowest BCUT2D eigenvalue weighted by Gasteiger charge is -2.39. The van der Waals surface area contributed by atoms with Gasteiger partial charge in [0, 0.05) is 37.5 Å². The van der Waals surface area contributed by atoms with Crippen molar-refractivity contribution >= 4 is 17.7 Å². The number of hydrogen-bond donors (Lipinski definition) is 2. The van der Waals surface area contributed by atoms with E-state index in [4.69, 9.17) is 4.74 Å². The number of amides is 3. The lowest BCUT2D eigenvalue weighted by Crippen LogP contribution is -2.60. The minimum atomic E-state index is -4.58. The summed E-state index contributed by atoms with van der Waals surface area (Å²) in [7, 11) is 0. The zero-order chi connectivity index (χ0) is 29.9. The van der Waals surface area contributed by atoms with Crippen LogP contribution in [-0.4, -0.2) is 70.3 Å². The molecule has 2 aliphatic heterocycles. The second-order valence-corrected chi connectivity index (χ2v) is 12.0. The molecule has 0 spiro atoms. The lowest BCUT2D eigenvalue weighted by atomic mass is 9.99. The molecule has 1 saturated carbocycles. The first-order chi connectivity index (χ1) is 20.0. The van der Waals surface area contributed by atoms with Crippen LogP contribution < -0.4 is 10.6 Å². The van der Waals surface area contributed by atoms with Gasteiger partial charge >= 0.3 is 6.18 Å². The van der Waals surface area contributed by atoms with E-state index < -0.39 is 29.2 Å². The molecule has 0 bridgehead atoms. The first-order valence-electron chi connectivity index (χ1n) is 14.8. The Morgan fingerprint density at radius 2 is 1.74 bits per heavy atom. The number of benzene rings is 1. The van der Waals surface area contributed by atoms with Gasteiger partial charge in [-0.3, -0.25) is 19.1 Å². The second kappa shape index (κ2) is 12.4. The molecule has 0 radical (unpaired) electrons. The van der Waals surface area contributed by atoms with Crippen molar-refractivity contribution in [3.05, 3.63) is 41.6 Å². The van der Waals surface area contributed by atoms with Gasteiger partial charge in [-0.2, -0.15) is 18.3 Å². The third-order valence-corrected chi connectivity index (χ3v) is 8.33. The van der Waals surface area contributed by atoms with Crippen LogP contribution in [0.2, 0.25) is 0 Å². The molecule has 2 saturated heterocycles. The standard InChI is InChI=1S/C30H38F3N5O4/c1-29(18-42-19-29)35-26(39)15-20(16-27(40)37-13-7-2-8-14-37)34-28(41)24-17-25(38(36-24)21-9-3-4-10-21)22-11-5-6-12-23(22)30(31,32)33/h5-6,11-12,17,20-21H,2-4,7-10,13-16,18-19H2,1H3,(H,34,41)(H,35,39). The maximum absolute atomic E-state index is 13.9. The molecule has 228 valence electrons. The number of halogens is 3. The molecule has 5 rings (SSSR count). The summed E-state index contributed by atoms with van der Waals surface area (Å²) < 4.78 is 48.6. The number of piperidine rings is 1. The van der Waals surface area contributed by atoms with E-state index in [1.54, 1.807) is 9.58 Å². The number of rotatable bonds is 9. The number of carbonyl (C=O) groups excluding carboxylic acids is 3. The zero-order valence-corrected chi connectivity index (χ0v) is 23.8. The summed E-state index contributed by atoms with van der Waals surface area (Å²) >= 11 is 0. The minimum Gasteiger partial charge on any atom is -0.376 e. The van der Waals surface area contributed by atoms with Crippen LogP contribution in [-0.2, 0) is 20.5 Å². The highest BCUT2D eigenvalue weighted by Gasteiger charge is 2.37. The second-order valence-electron chi connectivity index (χ2n) is 12.0. The van der Waals surface area contributed by atoms with Crippen molar-refractivity contribution in [3.8, 4) is 11.3 Å². The fourth-order valence-electron chi connectivity index (χ4n) is 6.10. The maximum atomic E-state index is 13.9. The van der Waals surface area contributed by atoms with Crippen molar-refractivity contribution < 1.29 is 32.3 Å². The Balaban J connectivity index is 1.40. The summed E-state index contributed by atoms with van der Waals surface area (Å²) in [5.41, 5.74) is -1.17. The summed E-state index contributed by atoms with van der Waals surface area (Å²) in [6.07, 6.45) is 1.42. The van der Waals surface area contributed by atoms with Crippen LogP contribution in [0.15, 0.2) is 30.3 Å². The lowest BCUT2D eigenvalue weighted by molar-refractivity contribution is -0.137. The summed E-state index contributed by atoms with van der Waals surface area (Å²) in [5, 5.41) is 10.2. The Bertz CT molecular complexity index is 1290. The predicted molar refractivity (Wildman–Crippen MR) is 148 cm³/mol. The highest BCUT2D eigenvalue weighted by Crippen LogP contribution is 2.40. The maximum Gasteiger partial charge on any atom is 0.417 e. The van der Waals surface area contributed by atoms with Crippen LogP contribution >= 0.6 is 0 Å². The Kier molecular flexibility index (Phi) is 8.91. The third-order valence-electron chi connectivity index (χ3n) is 8.33. The van der Waals surface area contributed by atoms with Crippen molar-refractivity contribution in [2.75, 3.05) is 26.3 Å². The highest BCUT2D eigenvalue weighted by molar-refractivity contribution is 5.94. The van der Waals surface area contributed by atoms with Gasteiger partial charge in [0.05, 0.1) is 36.1 Å². The minimum absolute atomic E-state index is 0.0457. The first-order valence-corrected chi connectivity index (χ1v) is 14.8. The van der Waals surface area contributed by atoms with Crippen molar-refractivity contribution in [1.29, 1.82) is 0 Å². The van der Waals surface area contributed by atoms with Gasteiger partial charge in [-0.1, -0.05) is 31.0 Å². The molecule has 3 fully saturated rings. The molecule has 1 unspecified atom stereocenters. The number of hydrogen-bond acceptors (Lipinski definition) is 5. The molecule has 3 amide bonds. The largest absolute Gasteiger partial charge is 0.417 e. The number of nitrogens with one attached hydrogen (secondary N) is 2. The first kappa shape index (κ1) is 30.1. The molecule has 2 N–H and O–H groups in total. The van der Waals surface area contributed by atoms with Crippen molar-refractivity contribution in [2.45, 2.75) is 88.5 Å². The molecule has 9 nitrogen and oxygen atoms in total. The molecule has 12 heteroatoms. The van der Waals surface area contributed by atoms with Crippen LogP contribution in [0.1, 0.15) is 86.8 Å². The quantitative estimate of drug-likeness (QED) is 0.449. The fourth-order valence-corrected chi connectivity index (χ4v) is 6.10. The van der Waals surface area contributed by atoms with Gasteiger partial charge in [-0.15, -0.1) is 0 Å². The van der Waals surface area contributed by atoms with E-state index in [2.05, 4.69) is 15.7 Å².